The Morgan fingerprint density at radius 2 is 1.59 bits per heavy atom. The number of aliphatic hydroxyl groups is 1. The fourth-order valence-corrected chi connectivity index (χ4v) is 2.10. The van der Waals surface area contributed by atoms with Gasteiger partial charge in [0, 0.05) is 0 Å². The molecule has 0 heterocycles. The molecule has 1 atom stereocenters. The van der Waals surface area contributed by atoms with Gasteiger partial charge in [0.2, 0.25) is 5.75 Å². The van der Waals surface area contributed by atoms with E-state index in [0.29, 0.717) is 22.8 Å². The first-order valence-corrected chi connectivity index (χ1v) is 6.84. The van der Waals surface area contributed by atoms with Gasteiger partial charge < -0.3 is 19.3 Å². The maximum atomic E-state index is 12.9. The summed E-state index contributed by atoms with van der Waals surface area (Å²) in [5.41, 5.74) is 1.55. The van der Waals surface area contributed by atoms with Crippen molar-refractivity contribution in [2.24, 2.45) is 0 Å². The molecule has 0 aliphatic carbocycles. The number of ether oxygens (including phenoxy) is 3. The van der Waals surface area contributed by atoms with E-state index in [1.165, 1.54) is 38.5 Å². The Hall–Kier alpha value is -2.27. The molecule has 0 bridgehead atoms. The molecule has 2 aromatic carbocycles. The van der Waals surface area contributed by atoms with Crippen LogP contribution in [0.1, 0.15) is 17.2 Å². The van der Waals surface area contributed by atoms with Gasteiger partial charge in [0.15, 0.2) is 11.5 Å². The minimum Gasteiger partial charge on any atom is -0.493 e. The first-order chi connectivity index (χ1) is 10.5. The number of aryl methyl sites for hydroxylation is 1. The normalized spacial score (nSPS) is 11.9. The number of hydrogen-bond acceptors (Lipinski definition) is 4. The van der Waals surface area contributed by atoms with E-state index in [2.05, 4.69) is 0 Å². The summed E-state index contributed by atoms with van der Waals surface area (Å²) in [6.07, 6.45) is -0.878. The van der Waals surface area contributed by atoms with Gasteiger partial charge in [0.25, 0.3) is 0 Å². The number of aliphatic hydroxyl groups excluding tert-OH is 1. The molecule has 1 unspecified atom stereocenters. The minimum absolute atomic E-state index is 0.00140. The number of benzene rings is 2. The first kappa shape index (κ1) is 16.1. The largest absolute Gasteiger partial charge is 0.493 e. The third-order valence-corrected chi connectivity index (χ3v) is 3.25. The van der Waals surface area contributed by atoms with Crippen LogP contribution in [0.25, 0.3) is 0 Å². The van der Waals surface area contributed by atoms with Crippen molar-refractivity contribution in [1.82, 2.24) is 0 Å². The molecular weight excluding hydrogens is 287 g/mol. The fourth-order valence-electron chi connectivity index (χ4n) is 2.10. The molecule has 22 heavy (non-hydrogen) atoms. The van der Waals surface area contributed by atoms with Crippen LogP contribution in [0.5, 0.6) is 17.2 Å². The van der Waals surface area contributed by atoms with Crippen molar-refractivity contribution in [2.75, 3.05) is 20.8 Å². The second-order valence-electron chi connectivity index (χ2n) is 4.88. The highest BCUT2D eigenvalue weighted by Gasteiger charge is 2.16. The molecule has 0 saturated carbocycles. The summed E-state index contributed by atoms with van der Waals surface area (Å²) in [6, 6.07) is 9.28. The predicted octanol–water partition coefficient (Wildman–Crippen LogP) is 3.26. The average molecular weight is 306 g/mol. The second-order valence-corrected chi connectivity index (χ2v) is 4.88. The molecule has 0 amide bonds. The molecule has 0 radical (unpaired) electrons. The number of methoxy groups -OCH3 is 2. The van der Waals surface area contributed by atoms with E-state index in [0.717, 1.165) is 5.56 Å². The maximum absolute atomic E-state index is 12.9. The summed E-state index contributed by atoms with van der Waals surface area (Å²) >= 11 is 0. The molecule has 5 heteroatoms. The molecular formula is C17H19FO4. The van der Waals surface area contributed by atoms with Crippen LogP contribution in [0.4, 0.5) is 4.39 Å². The molecule has 2 rings (SSSR count). The zero-order valence-electron chi connectivity index (χ0n) is 12.8. The quantitative estimate of drug-likeness (QED) is 0.890. The zero-order chi connectivity index (χ0) is 16.1. The SMILES string of the molecule is COc1cc(C)cc(OC)c1OCC(O)c1ccc(F)cc1. The predicted molar refractivity (Wildman–Crippen MR) is 81.1 cm³/mol. The number of rotatable bonds is 6. The summed E-state index contributed by atoms with van der Waals surface area (Å²) in [7, 11) is 3.08. The number of halogens is 1. The summed E-state index contributed by atoms with van der Waals surface area (Å²) in [5, 5.41) is 10.1. The molecule has 0 aliphatic rings. The molecule has 0 aromatic heterocycles. The molecule has 0 saturated heterocycles. The van der Waals surface area contributed by atoms with E-state index in [9.17, 15) is 9.50 Å². The van der Waals surface area contributed by atoms with Crippen molar-refractivity contribution in [2.45, 2.75) is 13.0 Å². The highest BCUT2D eigenvalue weighted by Crippen LogP contribution is 2.38. The van der Waals surface area contributed by atoms with Gasteiger partial charge in [-0.1, -0.05) is 12.1 Å². The van der Waals surface area contributed by atoms with Crippen LogP contribution in [0.2, 0.25) is 0 Å². The van der Waals surface area contributed by atoms with Crippen LogP contribution in [-0.4, -0.2) is 25.9 Å². The van der Waals surface area contributed by atoms with Crippen molar-refractivity contribution in [1.29, 1.82) is 0 Å². The van der Waals surface area contributed by atoms with Crippen LogP contribution in [0.3, 0.4) is 0 Å². The van der Waals surface area contributed by atoms with Crippen molar-refractivity contribution >= 4 is 0 Å². The summed E-state index contributed by atoms with van der Waals surface area (Å²) in [5.74, 6) is 1.14. The molecule has 118 valence electrons. The highest BCUT2D eigenvalue weighted by molar-refractivity contribution is 5.53. The summed E-state index contributed by atoms with van der Waals surface area (Å²) in [6.45, 7) is 1.92. The Kier molecular flexibility index (Phi) is 5.22. The highest BCUT2D eigenvalue weighted by atomic mass is 19.1. The summed E-state index contributed by atoms with van der Waals surface area (Å²) < 4.78 is 29.1. The zero-order valence-corrected chi connectivity index (χ0v) is 12.8. The van der Waals surface area contributed by atoms with Gasteiger partial charge in [-0.2, -0.15) is 0 Å². The Morgan fingerprint density at radius 3 is 2.09 bits per heavy atom. The third kappa shape index (κ3) is 3.68. The van der Waals surface area contributed by atoms with E-state index in [-0.39, 0.29) is 12.4 Å². The Balaban J connectivity index is 2.15. The van der Waals surface area contributed by atoms with E-state index in [4.69, 9.17) is 14.2 Å². The monoisotopic (exact) mass is 306 g/mol. The standard InChI is InChI=1S/C17H19FO4/c1-11-8-15(20-2)17(16(9-11)21-3)22-10-14(19)12-4-6-13(18)7-5-12/h4-9,14,19H,10H2,1-3H3. The van der Waals surface area contributed by atoms with Crippen molar-refractivity contribution in [3.8, 4) is 17.2 Å². The fraction of sp³-hybridized carbons (Fsp3) is 0.294. The lowest BCUT2D eigenvalue weighted by Crippen LogP contribution is -2.11. The smallest absolute Gasteiger partial charge is 0.203 e. The van der Waals surface area contributed by atoms with E-state index in [1.807, 2.05) is 19.1 Å². The van der Waals surface area contributed by atoms with E-state index in [1.54, 1.807) is 0 Å². The molecule has 4 nitrogen and oxygen atoms in total. The minimum atomic E-state index is -0.878. The number of hydrogen-bond donors (Lipinski definition) is 1. The molecule has 2 aromatic rings. The van der Waals surface area contributed by atoms with Crippen LogP contribution in [-0.2, 0) is 0 Å². The van der Waals surface area contributed by atoms with E-state index >= 15 is 0 Å². The van der Waals surface area contributed by atoms with Gasteiger partial charge >= 0.3 is 0 Å². The summed E-state index contributed by atoms with van der Waals surface area (Å²) in [4.78, 5) is 0. The van der Waals surface area contributed by atoms with Gasteiger partial charge in [-0.05, 0) is 42.3 Å². The van der Waals surface area contributed by atoms with Crippen LogP contribution in [0, 0.1) is 12.7 Å². The van der Waals surface area contributed by atoms with Gasteiger partial charge in [-0.3, -0.25) is 0 Å². The molecule has 0 aliphatic heterocycles. The van der Waals surface area contributed by atoms with Gasteiger partial charge in [0.1, 0.15) is 18.5 Å². The van der Waals surface area contributed by atoms with Crippen LogP contribution in [0.15, 0.2) is 36.4 Å². The van der Waals surface area contributed by atoms with Crippen molar-refractivity contribution in [3.63, 3.8) is 0 Å². The molecule has 1 N–H and O–H groups in total. The molecule has 0 spiro atoms. The van der Waals surface area contributed by atoms with Gasteiger partial charge in [-0.25, -0.2) is 4.39 Å². The Bertz CT molecular complexity index is 600. The average Bonchev–Trinajstić information content (AvgIpc) is 2.53. The Labute approximate surface area is 129 Å². The lowest BCUT2D eigenvalue weighted by molar-refractivity contribution is 0.104. The third-order valence-electron chi connectivity index (χ3n) is 3.25. The Morgan fingerprint density at radius 1 is 1.05 bits per heavy atom. The van der Waals surface area contributed by atoms with Crippen molar-refractivity contribution in [3.05, 3.63) is 53.3 Å². The van der Waals surface area contributed by atoms with Gasteiger partial charge in [0.05, 0.1) is 14.2 Å². The second kappa shape index (κ2) is 7.13. The van der Waals surface area contributed by atoms with E-state index < -0.39 is 6.10 Å². The van der Waals surface area contributed by atoms with Crippen LogP contribution >= 0.6 is 0 Å². The lowest BCUT2D eigenvalue weighted by Gasteiger charge is -2.17. The maximum Gasteiger partial charge on any atom is 0.203 e. The topological polar surface area (TPSA) is 47.9 Å². The van der Waals surface area contributed by atoms with Crippen molar-refractivity contribution < 1.29 is 23.7 Å². The lowest BCUT2D eigenvalue weighted by atomic mass is 10.1. The first-order valence-electron chi connectivity index (χ1n) is 6.84. The van der Waals surface area contributed by atoms with Crippen LogP contribution < -0.4 is 14.2 Å². The van der Waals surface area contributed by atoms with Gasteiger partial charge in [-0.15, -0.1) is 0 Å². The molecule has 0 fully saturated rings.